The zero-order chi connectivity index (χ0) is 12.0. The lowest BCUT2D eigenvalue weighted by Crippen LogP contribution is -2.52. The van der Waals surface area contributed by atoms with Crippen molar-refractivity contribution in [1.82, 2.24) is 10.2 Å². The molecular weight excluding hydrogens is 204 g/mol. The van der Waals surface area contributed by atoms with Crippen molar-refractivity contribution in [2.24, 2.45) is 0 Å². The summed E-state index contributed by atoms with van der Waals surface area (Å²) in [6.45, 7) is 11.3. The Labute approximate surface area is 99.0 Å². The molecule has 1 heterocycles. The van der Waals surface area contributed by atoms with Crippen LogP contribution in [-0.2, 0) is 4.74 Å². The second-order valence-corrected chi connectivity index (χ2v) is 4.84. The van der Waals surface area contributed by atoms with Crippen LogP contribution in [0.25, 0.3) is 0 Å². The molecular formula is C12H26N2O2. The minimum atomic E-state index is -0.169. The fourth-order valence-corrected chi connectivity index (χ4v) is 1.84. The Morgan fingerprint density at radius 2 is 2.25 bits per heavy atom. The van der Waals surface area contributed by atoms with E-state index < -0.39 is 0 Å². The molecule has 2 N–H and O–H groups in total. The SMILES string of the molecule is CCN1CCOC(CNC(C)(CC)CO)C1. The summed E-state index contributed by atoms with van der Waals surface area (Å²) < 4.78 is 5.71. The van der Waals surface area contributed by atoms with Gasteiger partial charge in [-0.25, -0.2) is 0 Å². The number of aliphatic hydroxyl groups excluding tert-OH is 1. The summed E-state index contributed by atoms with van der Waals surface area (Å²) in [5.74, 6) is 0. The van der Waals surface area contributed by atoms with E-state index in [1.54, 1.807) is 0 Å². The predicted molar refractivity (Wildman–Crippen MR) is 65.6 cm³/mol. The summed E-state index contributed by atoms with van der Waals surface area (Å²) in [5.41, 5.74) is -0.169. The molecule has 4 nitrogen and oxygen atoms in total. The molecule has 0 amide bonds. The summed E-state index contributed by atoms with van der Waals surface area (Å²) in [6.07, 6.45) is 1.18. The Balaban J connectivity index is 2.31. The molecule has 2 unspecified atom stereocenters. The van der Waals surface area contributed by atoms with Gasteiger partial charge in [0, 0.05) is 25.2 Å². The first-order valence-electron chi connectivity index (χ1n) is 6.33. The van der Waals surface area contributed by atoms with Crippen LogP contribution in [0.2, 0.25) is 0 Å². The third kappa shape index (κ3) is 4.01. The van der Waals surface area contributed by atoms with Gasteiger partial charge in [-0.3, -0.25) is 4.90 Å². The summed E-state index contributed by atoms with van der Waals surface area (Å²) >= 11 is 0. The molecule has 96 valence electrons. The number of rotatable bonds is 6. The molecule has 16 heavy (non-hydrogen) atoms. The first-order valence-corrected chi connectivity index (χ1v) is 6.33. The van der Waals surface area contributed by atoms with Crippen molar-refractivity contribution in [1.29, 1.82) is 0 Å². The van der Waals surface area contributed by atoms with Crippen LogP contribution in [0.3, 0.4) is 0 Å². The van der Waals surface area contributed by atoms with Crippen LogP contribution < -0.4 is 5.32 Å². The number of nitrogens with zero attached hydrogens (tertiary/aromatic N) is 1. The molecule has 1 fully saturated rings. The number of hydrogen-bond acceptors (Lipinski definition) is 4. The fraction of sp³-hybridized carbons (Fsp3) is 1.00. The van der Waals surface area contributed by atoms with E-state index in [-0.39, 0.29) is 18.2 Å². The third-order valence-electron chi connectivity index (χ3n) is 3.56. The number of likely N-dealkylation sites (N-methyl/N-ethyl adjacent to an activating group) is 1. The van der Waals surface area contributed by atoms with Crippen LogP contribution in [0.1, 0.15) is 27.2 Å². The van der Waals surface area contributed by atoms with Gasteiger partial charge < -0.3 is 15.2 Å². The fourth-order valence-electron chi connectivity index (χ4n) is 1.84. The second-order valence-electron chi connectivity index (χ2n) is 4.84. The molecule has 0 bridgehead atoms. The second kappa shape index (κ2) is 6.55. The van der Waals surface area contributed by atoms with Gasteiger partial charge >= 0.3 is 0 Å². The Hall–Kier alpha value is -0.160. The standard InChI is InChI=1S/C12H26N2O2/c1-4-12(3,10-15)13-8-11-9-14(5-2)6-7-16-11/h11,13,15H,4-10H2,1-3H3. The number of hydrogen-bond donors (Lipinski definition) is 2. The van der Waals surface area contributed by atoms with Crippen molar-refractivity contribution in [3.63, 3.8) is 0 Å². The zero-order valence-electron chi connectivity index (χ0n) is 10.8. The molecule has 1 saturated heterocycles. The van der Waals surface area contributed by atoms with Crippen LogP contribution in [-0.4, -0.2) is 61.0 Å². The highest BCUT2D eigenvalue weighted by atomic mass is 16.5. The molecule has 1 aliphatic rings. The molecule has 0 aliphatic carbocycles. The molecule has 1 rings (SSSR count). The molecule has 1 aliphatic heterocycles. The Morgan fingerprint density at radius 3 is 2.81 bits per heavy atom. The largest absolute Gasteiger partial charge is 0.394 e. The van der Waals surface area contributed by atoms with Crippen molar-refractivity contribution < 1.29 is 9.84 Å². The van der Waals surface area contributed by atoms with Gasteiger partial charge in [0.05, 0.1) is 19.3 Å². The van der Waals surface area contributed by atoms with Crippen molar-refractivity contribution in [3.8, 4) is 0 Å². The summed E-state index contributed by atoms with van der Waals surface area (Å²) in [5, 5.41) is 12.7. The highest BCUT2D eigenvalue weighted by Crippen LogP contribution is 2.10. The van der Waals surface area contributed by atoms with E-state index in [0.29, 0.717) is 0 Å². The maximum Gasteiger partial charge on any atom is 0.0826 e. The van der Waals surface area contributed by atoms with Gasteiger partial charge in [-0.15, -0.1) is 0 Å². The lowest BCUT2D eigenvalue weighted by atomic mass is 10.00. The van der Waals surface area contributed by atoms with Gasteiger partial charge in [-0.1, -0.05) is 13.8 Å². The van der Waals surface area contributed by atoms with Gasteiger partial charge in [-0.2, -0.15) is 0 Å². The number of ether oxygens (including phenoxy) is 1. The van der Waals surface area contributed by atoms with Crippen LogP contribution >= 0.6 is 0 Å². The monoisotopic (exact) mass is 230 g/mol. The van der Waals surface area contributed by atoms with Crippen LogP contribution in [0.15, 0.2) is 0 Å². The van der Waals surface area contributed by atoms with Crippen LogP contribution in [0.5, 0.6) is 0 Å². The molecule has 0 spiro atoms. The van der Waals surface area contributed by atoms with E-state index in [1.807, 2.05) is 6.92 Å². The third-order valence-corrected chi connectivity index (χ3v) is 3.56. The van der Waals surface area contributed by atoms with Gasteiger partial charge in [0.1, 0.15) is 0 Å². The summed E-state index contributed by atoms with van der Waals surface area (Å²) in [4.78, 5) is 2.40. The van der Waals surface area contributed by atoms with Crippen LogP contribution in [0, 0.1) is 0 Å². The highest BCUT2D eigenvalue weighted by molar-refractivity contribution is 4.83. The van der Waals surface area contributed by atoms with Crippen molar-refractivity contribution in [3.05, 3.63) is 0 Å². The first kappa shape index (κ1) is 13.9. The Morgan fingerprint density at radius 1 is 1.50 bits per heavy atom. The predicted octanol–water partition coefficient (Wildman–Crippen LogP) is 0.458. The molecule has 0 radical (unpaired) electrons. The van der Waals surface area contributed by atoms with Crippen molar-refractivity contribution in [2.45, 2.75) is 38.8 Å². The molecule has 4 heteroatoms. The maximum absolute atomic E-state index is 9.30. The minimum Gasteiger partial charge on any atom is -0.394 e. The minimum absolute atomic E-state index is 0.169. The van der Waals surface area contributed by atoms with Gasteiger partial charge in [0.2, 0.25) is 0 Å². The van der Waals surface area contributed by atoms with E-state index in [9.17, 15) is 5.11 Å². The topological polar surface area (TPSA) is 44.7 Å². The number of aliphatic hydroxyl groups is 1. The molecule has 0 aromatic rings. The van der Waals surface area contributed by atoms with E-state index in [4.69, 9.17) is 4.74 Å². The average molecular weight is 230 g/mol. The number of morpholine rings is 1. The lowest BCUT2D eigenvalue weighted by molar-refractivity contribution is -0.0298. The molecule has 0 aromatic heterocycles. The normalized spacial score (nSPS) is 26.6. The number of nitrogens with one attached hydrogen (secondary N) is 1. The average Bonchev–Trinajstić information content (AvgIpc) is 2.36. The quantitative estimate of drug-likeness (QED) is 0.696. The Kier molecular flexibility index (Phi) is 5.69. The van der Waals surface area contributed by atoms with E-state index in [1.165, 1.54) is 0 Å². The van der Waals surface area contributed by atoms with Crippen molar-refractivity contribution in [2.75, 3.05) is 39.4 Å². The van der Waals surface area contributed by atoms with E-state index in [2.05, 4.69) is 24.1 Å². The summed E-state index contributed by atoms with van der Waals surface area (Å²) in [6, 6.07) is 0. The zero-order valence-corrected chi connectivity index (χ0v) is 10.8. The van der Waals surface area contributed by atoms with Crippen LogP contribution in [0.4, 0.5) is 0 Å². The van der Waals surface area contributed by atoms with Crippen molar-refractivity contribution >= 4 is 0 Å². The maximum atomic E-state index is 9.30. The van der Waals surface area contributed by atoms with Gasteiger partial charge in [0.25, 0.3) is 0 Å². The molecule has 2 atom stereocenters. The van der Waals surface area contributed by atoms with E-state index in [0.717, 1.165) is 39.2 Å². The molecule has 0 aromatic carbocycles. The smallest absolute Gasteiger partial charge is 0.0826 e. The summed E-state index contributed by atoms with van der Waals surface area (Å²) in [7, 11) is 0. The van der Waals surface area contributed by atoms with Gasteiger partial charge in [-0.05, 0) is 19.9 Å². The van der Waals surface area contributed by atoms with Gasteiger partial charge in [0.15, 0.2) is 0 Å². The first-order chi connectivity index (χ1) is 7.63. The molecule has 0 saturated carbocycles. The Bertz CT molecular complexity index is 195. The van der Waals surface area contributed by atoms with E-state index >= 15 is 0 Å². The lowest BCUT2D eigenvalue weighted by Gasteiger charge is -2.35. The highest BCUT2D eigenvalue weighted by Gasteiger charge is 2.24.